The molecule has 2 aliphatic carbocycles. The van der Waals surface area contributed by atoms with Gasteiger partial charge in [0.25, 0.3) is 0 Å². The van der Waals surface area contributed by atoms with Crippen LogP contribution in [-0.4, -0.2) is 94.0 Å². The molecule has 4 aliphatic rings. The number of carbonyl (C=O) groups is 5. The van der Waals surface area contributed by atoms with E-state index in [0.29, 0.717) is 6.42 Å². The van der Waals surface area contributed by atoms with Gasteiger partial charge in [-0.05, 0) is 37.8 Å². The standard InChI is InChI=1S/C30H42O13/c1-9-10-21(35)42-24-13(2)11-20-30(29(8,43-30)27(37)41-20)25(39-16(5)32)22-14(3)18(34)12-19(38-15(4)31)28(22,7)26(23(24)36)40-17(6)33/h11,14,18-20,22-26,34,36H,9-10,12H2,1-8H3/b13-11-/t14-,18-,19-,20-,22+,23-,24+,25-,26-,28-,29-,30-/m1/s1. The van der Waals surface area contributed by atoms with Gasteiger partial charge < -0.3 is 38.6 Å². The molecule has 0 bridgehead atoms. The zero-order chi connectivity index (χ0) is 32.2. The summed E-state index contributed by atoms with van der Waals surface area (Å²) in [5.74, 6) is -5.42. The van der Waals surface area contributed by atoms with E-state index in [1.807, 2.05) is 0 Å². The van der Waals surface area contributed by atoms with Crippen LogP contribution in [0.5, 0.6) is 0 Å². The lowest BCUT2D eigenvalue weighted by Crippen LogP contribution is -2.69. The van der Waals surface area contributed by atoms with Crippen molar-refractivity contribution in [3.63, 3.8) is 0 Å². The first kappa shape index (κ1) is 32.9. The minimum absolute atomic E-state index is 0.0337. The second kappa shape index (κ2) is 11.5. The number of hydrogen-bond donors (Lipinski definition) is 2. The molecule has 3 fully saturated rings. The smallest absolute Gasteiger partial charge is 0.342 e. The molecule has 4 rings (SSSR count). The highest BCUT2D eigenvalue weighted by molar-refractivity contribution is 5.89. The molecule has 0 unspecified atom stereocenters. The highest BCUT2D eigenvalue weighted by Gasteiger charge is 2.87. The Balaban J connectivity index is 2.07. The lowest BCUT2D eigenvalue weighted by Gasteiger charge is -2.57. The topological polar surface area (TPSA) is 184 Å². The molecule has 0 amide bonds. The van der Waals surface area contributed by atoms with Crippen molar-refractivity contribution in [1.29, 1.82) is 0 Å². The highest BCUT2D eigenvalue weighted by Crippen LogP contribution is 2.65. The lowest BCUT2D eigenvalue weighted by molar-refractivity contribution is -0.249. The molecule has 240 valence electrons. The molecule has 2 aliphatic heterocycles. The average Bonchev–Trinajstić information content (AvgIpc) is 3.48. The Morgan fingerprint density at radius 3 is 2.09 bits per heavy atom. The van der Waals surface area contributed by atoms with Crippen LogP contribution in [0.1, 0.15) is 74.7 Å². The van der Waals surface area contributed by atoms with Gasteiger partial charge in [-0.3, -0.25) is 19.2 Å². The first-order valence-corrected chi connectivity index (χ1v) is 14.6. The summed E-state index contributed by atoms with van der Waals surface area (Å²) in [6, 6.07) is 0. The zero-order valence-electron chi connectivity index (χ0n) is 25.8. The van der Waals surface area contributed by atoms with Gasteiger partial charge in [0.05, 0.1) is 11.5 Å². The quantitative estimate of drug-likeness (QED) is 0.190. The first-order chi connectivity index (χ1) is 19.9. The first-order valence-electron chi connectivity index (χ1n) is 14.6. The fourth-order valence-electron chi connectivity index (χ4n) is 7.54. The van der Waals surface area contributed by atoms with Crippen molar-refractivity contribution in [1.82, 2.24) is 0 Å². The molecule has 13 heteroatoms. The van der Waals surface area contributed by atoms with E-state index in [0.717, 1.165) is 6.92 Å². The van der Waals surface area contributed by atoms with E-state index >= 15 is 0 Å². The number of fused-ring (bicyclic) bond motifs is 1. The van der Waals surface area contributed by atoms with E-state index in [1.54, 1.807) is 27.7 Å². The van der Waals surface area contributed by atoms with Crippen molar-refractivity contribution in [2.75, 3.05) is 0 Å². The summed E-state index contributed by atoms with van der Waals surface area (Å²) in [6.07, 6.45) is -7.63. The van der Waals surface area contributed by atoms with Crippen molar-refractivity contribution >= 4 is 29.8 Å². The van der Waals surface area contributed by atoms with Gasteiger partial charge in [0, 0.05) is 39.5 Å². The second-order valence-electron chi connectivity index (χ2n) is 12.5. The molecular formula is C30H42O13. The SMILES string of the molecule is CCCC(=O)O[C@H]1/C(C)=C\[C@H]2OC(=O)[C@@]3(C)O[C@@]23[C@H](OC(C)=O)[C@@H]2[C@H](C)[C@H](O)C[C@@H](OC(C)=O)[C@@]2(C)[C@H](OC(C)=O)[C@@H]1O. The van der Waals surface area contributed by atoms with Crippen molar-refractivity contribution in [3.8, 4) is 0 Å². The number of carbonyl (C=O) groups excluding carboxylic acids is 5. The van der Waals surface area contributed by atoms with Gasteiger partial charge in [0.2, 0.25) is 0 Å². The number of rotatable bonds is 6. The molecule has 0 aromatic heterocycles. The molecule has 1 saturated carbocycles. The van der Waals surface area contributed by atoms with Gasteiger partial charge in [0.15, 0.2) is 23.4 Å². The lowest BCUT2D eigenvalue weighted by atomic mass is 9.52. The van der Waals surface area contributed by atoms with Gasteiger partial charge in [-0.15, -0.1) is 0 Å². The number of epoxide rings is 1. The summed E-state index contributed by atoms with van der Waals surface area (Å²) in [6.45, 7) is 11.6. The van der Waals surface area contributed by atoms with Crippen molar-refractivity contribution in [3.05, 3.63) is 11.6 Å². The summed E-state index contributed by atoms with van der Waals surface area (Å²) >= 11 is 0. The third-order valence-electron chi connectivity index (χ3n) is 9.62. The van der Waals surface area contributed by atoms with Gasteiger partial charge >= 0.3 is 29.8 Å². The third-order valence-corrected chi connectivity index (χ3v) is 9.62. The monoisotopic (exact) mass is 610 g/mol. The molecule has 0 radical (unpaired) electrons. The van der Waals surface area contributed by atoms with E-state index in [-0.39, 0.29) is 18.4 Å². The predicted molar refractivity (Wildman–Crippen MR) is 145 cm³/mol. The zero-order valence-corrected chi connectivity index (χ0v) is 25.8. The van der Waals surface area contributed by atoms with Crippen molar-refractivity contribution in [2.24, 2.45) is 17.3 Å². The third kappa shape index (κ3) is 5.22. The number of aliphatic hydroxyl groups is 2. The Bertz CT molecular complexity index is 1210. The Hall–Kier alpha value is -3.03. The van der Waals surface area contributed by atoms with E-state index in [2.05, 4.69) is 0 Å². The van der Waals surface area contributed by atoms with E-state index in [1.165, 1.54) is 26.8 Å². The van der Waals surface area contributed by atoms with Crippen LogP contribution in [0.15, 0.2) is 11.6 Å². The Labute approximate surface area is 250 Å². The molecule has 2 N–H and O–H groups in total. The van der Waals surface area contributed by atoms with Gasteiger partial charge in [-0.2, -0.15) is 0 Å². The summed E-state index contributed by atoms with van der Waals surface area (Å²) in [5, 5.41) is 23.3. The van der Waals surface area contributed by atoms with Crippen molar-refractivity contribution in [2.45, 2.75) is 129 Å². The van der Waals surface area contributed by atoms with Crippen LogP contribution < -0.4 is 0 Å². The highest BCUT2D eigenvalue weighted by atomic mass is 16.7. The Morgan fingerprint density at radius 1 is 0.977 bits per heavy atom. The number of aliphatic hydroxyl groups excluding tert-OH is 2. The molecular weight excluding hydrogens is 568 g/mol. The van der Waals surface area contributed by atoms with Gasteiger partial charge in [-0.1, -0.05) is 20.8 Å². The van der Waals surface area contributed by atoms with Gasteiger partial charge in [-0.25, -0.2) is 4.79 Å². The Kier molecular flexibility index (Phi) is 8.77. The molecule has 0 aromatic rings. The number of ether oxygens (including phenoxy) is 6. The van der Waals surface area contributed by atoms with Crippen molar-refractivity contribution < 1.29 is 62.6 Å². The maximum atomic E-state index is 13.2. The molecule has 13 nitrogen and oxygen atoms in total. The fourth-order valence-corrected chi connectivity index (χ4v) is 7.54. The maximum absolute atomic E-state index is 13.2. The molecule has 2 saturated heterocycles. The van der Waals surface area contributed by atoms with Gasteiger partial charge in [0.1, 0.15) is 24.4 Å². The van der Waals surface area contributed by atoms with E-state index in [9.17, 15) is 34.2 Å². The average molecular weight is 611 g/mol. The van der Waals surface area contributed by atoms with Crippen LogP contribution >= 0.6 is 0 Å². The fraction of sp³-hybridized carbons (Fsp3) is 0.767. The van der Waals surface area contributed by atoms with Crippen LogP contribution in [0.4, 0.5) is 0 Å². The second-order valence-corrected chi connectivity index (χ2v) is 12.5. The molecule has 43 heavy (non-hydrogen) atoms. The normalized spacial score (nSPS) is 44.7. The largest absolute Gasteiger partial charge is 0.462 e. The van der Waals surface area contributed by atoms with Crippen LogP contribution in [-0.2, 0) is 52.4 Å². The van der Waals surface area contributed by atoms with Crippen LogP contribution in [0.25, 0.3) is 0 Å². The molecule has 0 aromatic carbocycles. The number of hydrogen-bond acceptors (Lipinski definition) is 13. The predicted octanol–water partition coefficient (Wildman–Crippen LogP) is 1.29. The molecule has 1 spiro atoms. The molecule has 2 heterocycles. The Morgan fingerprint density at radius 2 is 1.56 bits per heavy atom. The summed E-state index contributed by atoms with van der Waals surface area (Å²) in [5.41, 5.74) is -4.55. The molecule has 12 atom stereocenters. The van der Waals surface area contributed by atoms with Crippen LogP contribution in [0.2, 0.25) is 0 Å². The summed E-state index contributed by atoms with van der Waals surface area (Å²) in [7, 11) is 0. The van der Waals surface area contributed by atoms with E-state index in [4.69, 9.17) is 28.4 Å². The number of esters is 5. The minimum Gasteiger partial charge on any atom is -0.462 e. The van der Waals surface area contributed by atoms with E-state index < -0.39 is 101 Å². The summed E-state index contributed by atoms with van der Waals surface area (Å²) in [4.78, 5) is 63.7. The van der Waals surface area contributed by atoms with Crippen LogP contribution in [0.3, 0.4) is 0 Å². The van der Waals surface area contributed by atoms with Crippen LogP contribution in [0, 0.1) is 17.3 Å². The summed E-state index contributed by atoms with van der Waals surface area (Å²) < 4.78 is 35.2. The maximum Gasteiger partial charge on any atom is 0.342 e. The minimum atomic E-state index is -1.73.